The Morgan fingerprint density at radius 3 is 2.78 bits per heavy atom. The summed E-state index contributed by atoms with van der Waals surface area (Å²) in [5, 5.41) is 15.0. The van der Waals surface area contributed by atoms with Crippen molar-refractivity contribution in [3.05, 3.63) is 23.2 Å². The predicted octanol–water partition coefficient (Wildman–Crippen LogP) is 2.79. The summed E-state index contributed by atoms with van der Waals surface area (Å²) in [4.78, 5) is 12.1. The first-order valence-corrected chi connectivity index (χ1v) is 8.09. The third-order valence-corrected chi connectivity index (χ3v) is 4.23. The second-order valence-corrected chi connectivity index (χ2v) is 6.05. The average molecular weight is 343 g/mol. The highest BCUT2D eigenvalue weighted by atomic mass is 35.5. The van der Waals surface area contributed by atoms with Gasteiger partial charge in [0.25, 0.3) is 0 Å². The summed E-state index contributed by atoms with van der Waals surface area (Å²) in [6.45, 7) is 0.667. The van der Waals surface area contributed by atoms with Crippen molar-refractivity contribution in [2.75, 3.05) is 32.2 Å². The molecule has 0 aliphatic heterocycles. The van der Waals surface area contributed by atoms with Crippen molar-refractivity contribution in [3.63, 3.8) is 0 Å². The van der Waals surface area contributed by atoms with E-state index in [2.05, 4.69) is 10.6 Å². The van der Waals surface area contributed by atoms with E-state index in [1.807, 2.05) is 0 Å². The van der Waals surface area contributed by atoms with Crippen LogP contribution in [-0.2, 0) is 4.74 Å². The van der Waals surface area contributed by atoms with Crippen LogP contribution in [0.1, 0.15) is 25.7 Å². The molecule has 0 spiro atoms. The van der Waals surface area contributed by atoms with Gasteiger partial charge in [0.15, 0.2) is 0 Å². The molecule has 2 rings (SSSR count). The smallest absolute Gasteiger partial charge is 0.319 e. The molecule has 0 heterocycles. The second kappa shape index (κ2) is 8.38. The molecule has 0 radical (unpaired) electrons. The Morgan fingerprint density at radius 1 is 1.39 bits per heavy atom. The monoisotopic (exact) mass is 342 g/mol. The lowest BCUT2D eigenvalue weighted by Crippen LogP contribution is -2.45. The van der Waals surface area contributed by atoms with Crippen LogP contribution in [0.5, 0.6) is 5.75 Å². The molecule has 1 aromatic carbocycles. The number of urea groups is 1. The fourth-order valence-corrected chi connectivity index (χ4v) is 3.01. The van der Waals surface area contributed by atoms with Crippen LogP contribution in [0.3, 0.4) is 0 Å². The minimum atomic E-state index is -0.376. The summed E-state index contributed by atoms with van der Waals surface area (Å²) in [5.41, 5.74) is 0.132. The van der Waals surface area contributed by atoms with Gasteiger partial charge in [-0.3, -0.25) is 0 Å². The van der Waals surface area contributed by atoms with Crippen LogP contribution < -0.4 is 15.4 Å². The SMILES string of the molecule is COc1ccc(Cl)cc1NC(=O)NCC1(OCCO)CCCC1. The van der Waals surface area contributed by atoms with Crippen molar-refractivity contribution in [2.24, 2.45) is 0 Å². The number of benzene rings is 1. The lowest BCUT2D eigenvalue weighted by Gasteiger charge is -2.29. The summed E-state index contributed by atoms with van der Waals surface area (Å²) < 4.78 is 11.0. The Bertz CT molecular complexity index is 533. The van der Waals surface area contributed by atoms with Crippen LogP contribution in [-0.4, -0.2) is 43.6 Å². The maximum absolute atomic E-state index is 12.1. The van der Waals surface area contributed by atoms with Gasteiger partial charge in [0.05, 0.1) is 31.6 Å². The maximum Gasteiger partial charge on any atom is 0.319 e. The van der Waals surface area contributed by atoms with Gasteiger partial charge >= 0.3 is 6.03 Å². The third-order valence-electron chi connectivity index (χ3n) is 4.00. The Kier molecular flexibility index (Phi) is 6.50. The highest BCUT2D eigenvalue weighted by Gasteiger charge is 2.35. The van der Waals surface area contributed by atoms with Crippen LogP contribution in [0.4, 0.5) is 10.5 Å². The quantitative estimate of drug-likeness (QED) is 0.712. The number of amides is 2. The number of hydrogen-bond donors (Lipinski definition) is 3. The summed E-state index contributed by atoms with van der Waals surface area (Å²) >= 11 is 5.95. The number of anilines is 1. The lowest BCUT2D eigenvalue weighted by molar-refractivity contribution is -0.0503. The van der Waals surface area contributed by atoms with Crippen LogP contribution in [0.15, 0.2) is 18.2 Å². The fraction of sp³-hybridized carbons (Fsp3) is 0.562. The molecule has 3 N–H and O–H groups in total. The molecular formula is C16H23ClN2O4. The fourth-order valence-electron chi connectivity index (χ4n) is 2.84. The van der Waals surface area contributed by atoms with Crippen molar-refractivity contribution in [3.8, 4) is 5.75 Å². The zero-order chi connectivity index (χ0) is 16.7. The van der Waals surface area contributed by atoms with E-state index in [9.17, 15) is 4.79 Å². The molecule has 0 bridgehead atoms. The largest absolute Gasteiger partial charge is 0.495 e. The van der Waals surface area contributed by atoms with Gasteiger partial charge in [-0.1, -0.05) is 24.4 Å². The summed E-state index contributed by atoms with van der Waals surface area (Å²) in [6, 6.07) is 4.68. The lowest BCUT2D eigenvalue weighted by atomic mass is 10.0. The number of hydrogen-bond acceptors (Lipinski definition) is 4. The third kappa shape index (κ3) is 4.99. The number of methoxy groups -OCH3 is 1. The number of aliphatic hydroxyl groups is 1. The first kappa shape index (κ1) is 17.8. The van der Waals surface area contributed by atoms with Crippen LogP contribution in [0.25, 0.3) is 0 Å². The summed E-state index contributed by atoms with van der Waals surface area (Å²) in [5.74, 6) is 0.539. The Morgan fingerprint density at radius 2 is 2.13 bits per heavy atom. The van der Waals surface area contributed by atoms with E-state index < -0.39 is 0 Å². The molecular weight excluding hydrogens is 320 g/mol. The van der Waals surface area contributed by atoms with Gasteiger partial charge in [0.1, 0.15) is 5.75 Å². The van der Waals surface area contributed by atoms with Crippen molar-refractivity contribution in [1.29, 1.82) is 0 Å². The van der Waals surface area contributed by atoms with Crippen LogP contribution in [0.2, 0.25) is 5.02 Å². The van der Waals surface area contributed by atoms with Crippen molar-refractivity contribution < 1.29 is 19.4 Å². The Labute approximate surface area is 141 Å². The van der Waals surface area contributed by atoms with Crippen molar-refractivity contribution in [1.82, 2.24) is 5.32 Å². The molecule has 0 unspecified atom stereocenters. The van der Waals surface area contributed by atoms with Crippen LogP contribution >= 0.6 is 11.6 Å². The Balaban J connectivity index is 1.93. The van der Waals surface area contributed by atoms with E-state index in [4.69, 9.17) is 26.2 Å². The van der Waals surface area contributed by atoms with E-state index in [1.54, 1.807) is 18.2 Å². The molecule has 0 saturated heterocycles. The maximum atomic E-state index is 12.1. The highest BCUT2D eigenvalue weighted by Crippen LogP contribution is 2.33. The average Bonchev–Trinajstić information content (AvgIpc) is 3.01. The van der Waals surface area contributed by atoms with E-state index in [0.717, 1.165) is 25.7 Å². The molecule has 1 fully saturated rings. The molecule has 1 saturated carbocycles. The number of carbonyl (C=O) groups excluding carboxylic acids is 1. The van der Waals surface area contributed by atoms with Gasteiger partial charge in [-0.25, -0.2) is 4.79 Å². The normalized spacial score (nSPS) is 16.1. The van der Waals surface area contributed by atoms with E-state index in [0.29, 0.717) is 23.0 Å². The molecule has 128 valence electrons. The number of halogens is 1. The zero-order valence-electron chi connectivity index (χ0n) is 13.2. The molecule has 1 aromatic rings. The number of carbonyl (C=O) groups is 1. The number of rotatable bonds is 7. The van der Waals surface area contributed by atoms with Gasteiger partial charge in [-0.05, 0) is 31.0 Å². The van der Waals surface area contributed by atoms with Gasteiger partial charge in [0, 0.05) is 11.6 Å². The van der Waals surface area contributed by atoms with E-state index in [1.165, 1.54) is 7.11 Å². The number of nitrogens with one attached hydrogen (secondary N) is 2. The van der Waals surface area contributed by atoms with Gasteiger partial charge in [0.2, 0.25) is 0 Å². The summed E-state index contributed by atoms with van der Waals surface area (Å²) in [6.07, 6.45) is 3.90. The number of ether oxygens (including phenoxy) is 2. The minimum Gasteiger partial charge on any atom is -0.495 e. The zero-order valence-corrected chi connectivity index (χ0v) is 14.0. The Hall–Kier alpha value is -1.50. The molecule has 23 heavy (non-hydrogen) atoms. The van der Waals surface area contributed by atoms with Crippen molar-refractivity contribution in [2.45, 2.75) is 31.3 Å². The standard InChI is InChI=1S/C16H23ClN2O4/c1-22-14-5-4-12(17)10-13(14)19-15(21)18-11-16(23-9-8-20)6-2-3-7-16/h4-5,10,20H,2-3,6-9,11H2,1H3,(H2,18,19,21). The molecule has 0 aromatic heterocycles. The van der Waals surface area contributed by atoms with Gasteiger partial charge < -0.3 is 25.2 Å². The topological polar surface area (TPSA) is 79.8 Å². The minimum absolute atomic E-state index is 0.0202. The first-order valence-electron chi connectivity index (χ1n) is 7.72. The van der Waals surface area contributed by atoms with Gasteiger partial charge in [-0.15, -0.1) is 0 Å². The molecule has 0 atom stereocenters. The van der Waals surface area contributed by atoms with Crippen molar-refractivity contribution >= 4 is 23.3 Å². The molecule has 1 aliphatic carbocycles. The number of aliphatic hydroxyl groups excluding tert-OH is 1. The predicted molar refractivity (Wildman–Crippen MR) is 89.3 cm³/mol. The molecule has 6 nitrogen and oxygen atoms in total. The molecule has 1 aliphatic rings. The first-order chi connectivity index (χ1) is 11.1. The van der Waals surface area contributed by atoms with Gasteiger partial charge in [-0.2, -0.15) is 0 Å². The highest BCUT2D eigenvalue weighted by molar-refractivity contribution is 6.31. The van der Waals surface area contributed by atoms with Crippen LogP contribution in [0, 0.1) is 0 Å². The molecule has 7 heteroatoms. The van der Waals surface area contributed by atoms with E-state index >= 15 is 0 Å². The summed E-state index contributed by atoms with van der Waals surface area (Å²) in [7, 11) is 1.53. The second-order valence-electron chi connectivity index (χ2n) is 5.61. The molecule has 2 amide bonds. The van der Waals surface area contributed by atoms with E-state index in [-0.39, 0.29) is 24.8 Å².